The molecule has 0 atom stereocenters. The van der Waals surface area contributed by atoms with Crippen LogP contribution in [-0.2, 0) is 11.3 Å². The molecule has 7 nitrogen and oxygen atoms in total. The van der Waals surface area contributed by atoms with Crippen LogP contribution in [0.15, 0.2) is 41.3 Å². The van der Waals surface area contributed by atoms with E-state index in [1.54, 1.807) is 31.4 Å². The van der Waals surface area contributed by atoms with Crippen molar-refractivity contribution in [1.82, 2.24) is 19.9 Å². The summed E-state index contributed by atoms with van der Waals surface area (Å²) in [4.78, 5) is 34.0. The van der Waals surface area contributed by atoms with Crippen LogP contribution >= 0.6 is 11.6 Å². The van der Waals surface area contributed by atoms with Crippen molar-refractivity contribution in [2.24, 2.45) is 0 Å². The van der Waals surface area contributed by atoms with Crippen molar-refractivity contribution in [3.63, 3.8) is 0 Å². The number of carbonyl (C=O) groups is 1. The average Bonchev–Trinajstić information content (AvgIpc) is 2.63. The number of fused-ring (bicyclic) bond motifs is 1. The number of benzene rings is 1. The van der Waals surface area contributed by atoms with Gasteiger partial charge in [0.25, 0.3) is 5.56 Å². The molecule has 1 amide bonds. The molecule has 0 saturated heterocycles. The van der Waals surface area contributed by atoms with Crippen molar-refractivity contribution in [1.29, 1.82) is 0 Å². The molecule has 1 N–H and O–H groups in total. The maximum atomic E-state index is 13.1. The number of pyridine rings is 1. The molecule has 3 aromatic rings. The summed E-state index contributed by atoms with van der Waals surface area (Å²) in [6.07, 6.45) is 1.45. The van der Waals surface area contributed by atoms with Crippen LogP contribution in [-0.4, -0.2) is 33.6 Å². The van der Waals surface area contributed by atoms with E-state index in [-0.39, 0.29) is 29.2 Å². The highest BCUT2D eigenvalue weighted by Crippen LogP contribution is 2.23. The van der Waals surface area contributed by atoms with Crippen LogP contribution in [0.1, 0.15) is 13.8 Å². The minimum atomic E-state index is -0.360. The van der Waals surface area contributed by atoms with E-state index in [1.165, 1.54) is 16.8 Å². The molecule has 0 saturated carbocycles. The lowest BCUT2D eigenvalue weighted by Gasteiger charge is -2.15. The maximum absolute atomic E-state index is 13.1. The third-order valence-electron chi connectivity index (χ3n) is 3.89. The van der Waals surface area contributed by atoms with Gasteiger partial charge in [-0.25, -0.2) is 9.97 Å². The van der Waals surface area contributed by atoms with Gasteiger partial charge in [-0.1, -0.05) is 23.7 Å². The van der Waals surface area contributed by atoms with E-state index in [2.05, 4.69) is 15.3 Å². The molecule has 27 heavy (non-hydrogen) atoms. The number of nitrogens with zero attached hydrogens (tertiary/aromatic N) is 3. The Hall–Kier alpha value is -2.93. The number of nitrogens with one attached hydrogen (secondary N) is 1. The highest BCUT2D eigenvalue weighted by atomic mass is 35.5. The van der Waals surface area contributed by atoms with Crippen LogP contribution in [0.4, 0.5) is 0 Å². The van der Waals surface area contributed by atoms with Crippen molar-refractivity contribution in [3.05, 3.63) is 52.0 Å². The van der Waals surface area contributed by atoms with Gasteiger partial charge in [-0.2, -0.15) is 0 Å². The minimum absolute atomic E-state index is 0.0412. The molecule has 0 spiro atoms. The predicted octanol–water partition coefficient (Wildman–Crippen LogP) is 2.65. The number of amides is 1. The first-order chi connectivity index (χ1) is 12.9. The number of halogens is 1. The molecule has 8 heteroatoms. The smallest absolute Gasteiger partial charge is 0.262 e. The van der Waals surface area contributed by atoms with Crippen LogP contribution < -0.4 is 15.6 Å². The Balaban J connectivity index is 2.23. The van der Waals surface area contributed by atoms with Gasteiger partial charge in [0.2, 0.25) is 5.91 Å². The van der Waals surface area contributed by atoms with E-state index in [4.69, 9.17) is 16.3 Å². The summed E-state index contributed by atoms with van der Waals surface area (Å²) in [6, 6.07) is 8.56. The number of aromatic nitrogens is 3. The van der Waals surface area contributed by atoms with E-state index in [9.17, 15) is 9.59 Å². The zero-order chi connectivity index (χ0) is 19.6. The zero-order valence-electron chi connectivity index (χ0n) is 15.2. The first-order valence-corrected chi connectivity index (χ1v) is 8.76. The Morgan fingerprint density at radius 3 is 2.81 bits per heavy atom. The van der Waals surface area contributed by atoms with Crippen LogP contribution in [0.2, 0.25) is 5.15 Å². The number of rotatable bonds is 5. The van der Waals surface area contributed by atoms with Gasteiger partial charge in [0.15, 0.2) is 0 Å². The monoisotopic (exact) mass is 386 g/mol. The summed E-state index contributed by atoms with van der Waals surface area (Å²) < 4.78 is 6.60. The molecular weight excluding hydrogens is 368 g/mol. The predicted molar refractivity (Wildman–Crippen MR) is 104 cm³/mol. The number of hydrogen-bond donors (Lipinski definition) is 1. The fourth-order valence-corrected chi connectivity index (χ4v) is 2.90. The lowest BCUT2D eigenvalue weighted by Crippen LogP contribution is -2.37. The molecule has 0 fully saturated rings. The van der Waals surface area contributed by atoms with Crippen LogP contribution in [0.25, 0.3) is 22.3 Å². The summed E-state index contributed by atoms with van der Waals surface area (Å²) in [5.41, 5.74) is 0.699. The van der Waals surface area contributed by atoms with Crippen molar-refractivity contribution >= 4 is 28.4 Å². The van der Waals surface area contributed by atoms with Gasteiger partial charge in [-0.3, -0.25) is 14.2 Å². The molecule has 0 aliphatic carbocycles. The molecule has 0 bridgehead atoms. The van der Waals surface area contributed by atoms with Crippen molar-refractivity contribution in [2.75, 3.05) is 7.11 Å². The van der Waals surface area contributed by atoms with Crippen LogP contribution in [0, 0.1) is 0 Å². The van der Waals surface area contributed by atoms with Crippen molar-refractivity contribution in [2.45, 2.75) is 26.4 Å². The molecule has 3 rings (SSSR count). The Kier molecular flexibility index (Phi) is 5.41. The van der Waals surface area contributed by atoms with Gasteiger partial charge in [-0.05, 0) is 32.0 Å². The normalized spacial score (nSPS) is 11.0. The minimum Gasteiger partial charge on any atom is -0.497 e. The fraction of sp³-hybridized carbons (Fsp3) is 0.263. The van der Waals surface area contributed by atoms with E-state index in [0.29, 0.717) is 28.0 Å². The molecule has 1 aromatic carbocycles. The highest BCUT2D eigenvalue weighted by molar-refractivity contribution is 6.30. The third kappa shape index (κ3) is 4.09. The molecular formula is C19H19ClN4O3. The first-order valence-electron chi connectivity index (χ1n) is 8.39. The average molecular weight is 387 g/mol. The van der Waals surface area contributed by atoms with Crippen LogP contribution in [0.3, 0.4) is 0 Å². The molecule has 140 valence electrons. The van der Waals surface area contributed by atoms with Crippen molar-refractivity contribution in [3.8, 4) is 17.1 Å². The second-order valence-electron chi connectivity index (χ2n) is 6.31. The van der Waals surface area contributed by atoms with E-state index in [0.717, 1.165) is 0 Å². The molecule has 0 radical (unpaired) electrons. The third-order valence-corrected chi connectivity index (χ3v) is 4.09. The van der Waals surface area contributed by atoms with Gasteiger partial charge in [-0.15, -0.1) is 0 Å². The summed E-state index contributed by atoms with van der Waals surface area (Å²) in [7, 11) is 1.56. The second-order valence-corrected chi connectivity index (χ2v) is 6.69. The topological polar surface area (TPSA) is 86.1 Å². The number of methoxy groups -OCH3 is 1. The van der Waals surface area contributed by atoms with Gasteiger partial charge in [0.1, 0.15) is 23.3 Å². The Bertz CT molecular complexity index is 1060. The van der Waals surface area contributed by atoms with Gasteiger partial charge in [0, 0.05) is 11.6 Å². The lowest BCUT2D eigenvalue weighted by molar-refractivity contribution is -0.122. The van der Waals surface area contributed by atoms with E-state index >= 15 is 0 Å². The standard InChI is InChI=1S/C19H19ClN4O3/c1-11(2)22-17(25)10-24-18(12-5-4-6-13(7-12)27-3)23-15-9-21-16(20)8-14(15)19(24)26/h4-9,11H,10H2,1-3H3,(H,22,25). The largest absolute Gasteiger partial charge is 0.497 e. The van der Waals surface area contributed by atoms with Gasteiger partial charge >= 0.3 is 0 Å². The van der Waals surface area contributed by atoms with E-state index in [1.807, 2.05) is 13.8 Å². The Morgan fingerprint density at radius 1 is 1.33 bits per heavy atom. The van der Waals surface area contributed by atoms with Gasteiger partial charge < -0.3 is 10.1 Å². The zero-order valence-corrected chi connectivity index (χ0v) is 15.9. The fourth-order valence-electron chi connectivity index (χ4n) is 2.74. The second kappa shape index (κ2) is 7.75. The molecule has 0 unspecified atom stereocenters. The molecule has 2 heterocycles. The van der Waals surface area contributed by atoms with Gasteiger partial charge in [0.05, 0.1) is 24.2 Å². The SMILES string of the molecule is COc1cccc(-c2nc3cnc(Cl)cc3c(=O)n2CC(=O)NC(C)C)c1. The summed E-state index contributed by atoms with van der Waals surface area (Å²) in [5, 5.41) is 3.28. The highest BCUT2D eigenvalue weighted by Gasteiger charge is 2.17. The van der Waals surface area contributed by atoms with Crippen molar-refractivity contribution < 1.29 is 9.53 Å². The van der Waals surface area contributed by atoms with E-state index < -0.39 is 0 Å². The molecule has 2 aromatic heterocycles. The number of carbonyl (C=O) groups excluding carboxylic acids is 1. The Labute approximate surface area is 161 Å². The lowest BCUT2D eigenvalue weighted by atomic mass is 10.1. The number of ether oxygens (including phenoxy) is 1. The Morgan fingerprint density at radius 2 is 2.11 bits per heavy atom. The molecule has 0 aliphatic heterocycles. The first kappa shape index (κ1) is 18.8. The quantitative estimate of drug-likeness (QED) is 0.681. The molecule has 0 aliphatic rings. The maximum Gasteiger partial charge on any atom is 0.262 e. The summed E-state index contributed by atoms with van der Waals surface area (Å²) >= 11 is 5.93. The van der Waals surface area contributed by atoms with Crippen LogP contribution in [0.5, 0.6) is 5.75 Å². The summed E-state index contributed by atoms with van der Waals surface area (Å²) in [5.74, 6) is 0.696. The number of hydrogen-bond acceptors (Lipinski definition) is 5. The summed E-state index contributed by atoms with van der Waals surface area (Å²) in [6.45, 7) is 3.55.